The van der Waals surface area contributed by atoms with Crippen molar-refractivity contribution in [2.75, 3.05) is 6.26 Å². The molecule has 2 heteroatoms. The first kappa shape index (κ1) is 8.34. The Kier molecular flexibility index (Phi) is 3.17. The average Bonchev–Trinajstić information content (AvgIpc) is 2.15. The molecule has 0 amide bonds. The van der Waals surface area contributed by atoms with Crippen molar-refractivity contribution in [1.29, 1.82) is 0 Å². The van der Waals surface area contributed by atoms with Crippen LogP contribution < -0.4 is 5.43 Å². The number of rotatable bonds is 2. The Morgan fingerprint density at radius 1 is 1.36 bits per heavy atom. The van der Waals surface area contributed by atoms with E-state index < -0.39 is 0 Å². The van der Waals surface area contributed by atoms with Crippen LogP contribution in [-0.4, -0.2) is 6.26 Å². The van der Waals surface area contributed by atoms with Gasteiger partial charge in [0, 0.05) is 5.75 Å². The van der Waals surface area contributed by atoms with Gasteiger partial charge in [-0.3, -0.25) is 4.79 Å². The summed E-state index contributed by atoms with van der Waals surface area (Å²) < 4.78 is 0. The van der Waals surface area contributed by atoms with E-state index in [4.69, 9.17) is 0 Å². The highest BCUT2D eigenvalue weighted by atomic mass is 32.2. The van der Waals surface area contributed by atoms with Gasteiger partial charge in [-0.2, -0.15) is 11.8 Å². The molecule has 0 saturated heterocycles. The monoisotopic (exact) mass is 166 g/mol. The summed E-state index contributed by atoms with van der Waals surface area (Å²) in [6.07, 6.45) is 2.03. The summed E-state index contributed by atoms with van der Waals surface area (Å²) >= 11 is 1.72. The molecule has 0 N–H and O–H groups in total. The molecule has 0 aliphatic heterocycles. The molecular formula is C9H10OS. The van der Waals surface area contributed by atoms with Crippen molar-refractivity contribution >= 4 is 11.8 Å². The lowest BCUT2D eigenvalue weighted by Gasteiger charge is -1.89. The first-order valence-corrected chi connectivity index (χ1v) is 4.80. The van der Waals surface area contributed by atoms with E-state index in [0.717, 1.165) is 11.3 Å². The fourth-order valence-electron chi connectivity index (χ4n) is 0.865. The van der Waals surface area contributed by atoms with Crippen LogP contribution in [0.15, 0.2) is 35.1 Å². The minimum atomic E-state index is 0.0825. The summed E-state index contributed by atoms with van der Waals surface area (Å²) in [4.78, 5) is 11.0. The van der Waals surface area contributed by atoms with Gasteiger partial charge in [-0.15, -0.1) is 0 Å². The molecular weight excluding hydrogens is 156 g/mol. The Morgan fingerprint density at radius 2 is 2.09 bits per heavy atom. The Balaban J connectivity index is 3.01. The van der Waals surface area contributed by atoms with Crippen molar-refractivity contribution in [1.82, 2.24) is 0 Å². The largest absolute Gasteiger partial charge is 0.290 e. The number of thioether (sulfide) groups is 1. The highest BCUT2D eigenvalue weighted by molar-refractivity contribution is 7.97. The molecule has 1 nitrogen and oxygen atoms in total. The van der Waals surface area contributed by atoms with Gasteiger partial charge < -0.3 is 0 Å². The average molecular weight is 166 g/mol. The van der Waals surface area contributed by atoms with Gasteiger partial charge in [-0.05, 0) is 24.0 Å². The summed E-state index contributed by atoms with van der Waals surface area (Å²) in [7, 11) is 0. The van der Waals surface area contributed by atoms with Crippen LogP contribution in [0.3, 0.4) is 0 Å². The van der Waals surface area contributed by atoms with E-state index in [0.29, 0.717) is 0 Å². The van der Waals surface area contributed by atoms with Crippen molar-refractivity contribution in [3.63, 3.8) is 0 Å². The standard InChI is InChI=1S/C9H10OS/c1-11-7-8-4-2-3-5-9(10)6-8/h2-6H,7H2,1H3. The van der Waals surface area contributed by atoms with Crippen molar-refractivity contribution < 1.29 is 0 Å². The molecule has 0 saturated carbocycles. The predicted octanol–water partition coefficient (Wildman–Crippen LogP) is 1.91. The second-order valence-corrected chi connectivity index (χ2v) is 3.14. The van der Waals surface area contributed by atoms with Crippen LogP contribution in [0.5, 0.6) is 0 Å². The van der Waals surface area contributed by atoms with E-state index in [2.05, 4.69) is 0 Å². The van der Waals surface area contributed by atoms with Gasteiger partial charge in [0.2, 0.25) is 0 Å². The highest BCUT2D eigenvalue weighted by Crippen LogP contribution is 2.04. The van der Waals surface area contributed by atoms with Gasteiger partial charge in [0.05, 0.1) is 0 Å². The van der Waals surface area contributed by atoms with Gasteiger partial charge in [-0.1, -0.05) is 18.2 Å². The normalized spacial score (nSPS) is 9.55. The van der Waals surface area contributed by atoms with Crippen LogP contribution in [0.1, 0.15) is 5.56 Å². The van der Waals surface area contributed by atoms with Crippen molar-refractivity contribution in [2.45, 2.75) is 5.75 Å². The molecule has 0 aliphatic carbocycles. The predicted molar refractivity (Wildman–Crippen MR) is 49.9 cm³/mol. The van der Waals surface area contributed by atoms with Crippen LogP contribution in [0, 0.1) is 0 Å². The molecule has 0 aliphatic rings. The van der Waals surface area contributed by atoms with Crippen molar-refractivity contribution in [2.24, 2.45) is 0 Å². The van der Waals surface area contributed by atoms with Crippen molar-refractivity contribution in [3.8, 4) is 0 Å². The third kappa shape index (κ3) is 2.76. The maximum atomic E-state index is 11.0. The molecule has 1 aromatic carbocycles. The molecule has 0 fully saturated rings. The third-order valence-corrected chi connectivity index (χ3v) is 1.94. The van der Waals surface area contributed by atoms with Crippen LogP contribution in [-0.2, 0) is 5.75 Å². The quantitative estimate of drug-likeness (QED) is 0.667. The molecule has 1 aromatic rings. The number of hydrogen-bond acceptors (Lipinski definition) is 2. The highest BCUT2D eigenvalue weighted by Gasteiger charge is 1.88. The Bertz CT molecular complexity index is 283. The molecule has 0 heterocycles. The SMILES string of the molecule is CSCc1ccccc(=O)c1. The number of hydrogen-bond donors (Lipinski definition) is 0. The molecule has 58 valence electrons. The second-order valence-electron chi connectivity index (χ2n) is 2.27. The van der Waals surface area contributed by atoms with E-state index in [9.17, 15) is 4.79 Å². The molecule has 0 spiro atoms. The fraction of sp³-hybridized carbons (Fsp3) is 0.222. The molecule has 1 rings (SSSR count). The van der Waals surface area contributed by atoms with E-state index in [-0.39, 0.29) is 5.43 Å². The first-order chi connectivity index (χ1) is 5.33. The maximum Gasteiger partial charge on any atom is 0.178 e. The van der Waals surface area contributed by atoms with Crippen LogP contribution >= 0.6 is 11.8 Å². The molecule has 0 atom stereocenters. The summed E-state index contributed by atoms with van der Waals surface area (Å²) in [5, 5.41) is 0. The lowest BCUT2D eigenvalue weighted by molar-refractivity contribution is 1.43. The molecule has 0 unspecified atom stereocenters. The van der Waals surface area contributed by atoms with Crippen LogP contribution in [0.2, 0.25) is 0 Å². The molecule has 0 aromatic heterocycles. The van der Waals surface area contributed by atoms with E-state index in [1.54, 1.807) is 30.0 Å². The summed E-state index contributed by atoms with van der Waals surface area (Å²) in [6.45, 7) is 0. The Hall–Kier alpha value is -0.760. The van der Waals surface area contributed by atoms with E-state index in [1.807, 2.05) is 18.4 Å². The summed E-state index contributed by atoms with van der Waals surface area (Å²) in [5.74, 6) is 0.907. The molecule has 0 radical (unpaired) electrons. The zero-order valence-electron chi connectivity index (χ0n) is 6.41. The Labute approximate surface area is 70.5 Å². The first-order valence-electron chi connectivity index (χ1n) is 3.41. The van der Waals surface area contributed by atoms with E-state index >= 15 is 0 Å². The minimum absolute atomic E-state index is 0.0825. The third-order valence-electron chi connectivity index (χ3n) is 1.32. The second kappa shape index (κ2) is 4.19. The Morgan fingerprint density at radius 3 is 2.82 bits per heavy atom. The summed E-state index contributed by atoms with van der Waals surface area (Å²) in [5.41, 5.74) is 1.17. The lowest BCUT2D eigenvalue weighted by atomic mass is 10.3. The van der Waals surface area contributed by atoms with Crippen LogP contribution in [0.4, 0.5) is 0 Å². The molecule has 11 heavy (non-hydrogen) atoms. The minimum Gasteiger partial charge on any atom is -0.290 e. The maximum absolute atomic E-state index is 11.0. The summed E-state index contributed by atoms with van der Waals surface area (Å²) in [6, 6.07) is 8.89. The zero-order valence-corrected chi connectivity index (χ0v) is 7.23. The zero-order chi connectivity index (χ0) is 8.10. The smallest absolute Gasteiger partial charge is 0.178 e. The molecule has 0 bridgehead atoms. The lowest BCUT2D eigenvalue weighted by Crippen LogP contribution is -1.91. The van der Waals surface area contributed by atoms with Gasteiger partial charge in [-0.25, -0.2) is 0 Å². The van der Waals surface area contributed by atoms with Gasteiger partial charge in [0.15, 0.2) is 5.43 Å². The van der Waals surface area contributed by atoms with Crippen molar-refractivity contribution in [3.05, 3.63) is 46.1 Å². The van der Waals surface area contributed by atoms with E-state index in [1.165, 1.54) is 0 Å². The van der Waals surface area contributed by atoms with Crippen LogP contribution in [0.25, 0.3) is 0 Å². The van der Waals surface area contributed by atoms with Gasteiger partial charge in [0.1, 0.15) is 0 Å². The topological polar surface area (TPSA) is 17.1 Å². The van der Waals surface area contributed by atoms with Gasteiger partial charge in [0.25, 0.3) is 0 Å². The fourth-order valence-corrected chi connectivity index (χ4v) is 1.38. The van der Waals surface area contributed by atoms with Gasteiger partial charge >= 0.3 is 0 Å².